The largest absolute Gasteiger partial charge is 0.467 e. The molecule has 1 fully saturated rings. The lowest BCUT2D eigenvalue weighted by Gasteiger charge is -2.35. The number of hydrogen-bond acceptors (Lipinski definition) is 5. The first-order valence-electron chi connectivity index (χ1n) is 10.9. The molecule has 172 valence electrons. The summed E-state index contributed by atoms with van der Waals surface area (Å²) in [6.07, 6.45) is 7.76. The number of benzene rings is 1. The molecule has 1 aromatic carbocycles. The highest BCUT2D eigenvalue weighted by Gasteiger charge is 2.30. The number of halogens is 1. The summed E-state index contributed by atoms with van der Waals surface area (Å²) in [6, 6.07) is 8.73. The molecule has 32 heavy (non-hydrogen) atoms. The highest BCUT2D eigenvalue weighted by Crippen LogP contribution is 2.24. The van der Waals surface area contributed by atoms with Crippen LogP contribution in [0.25, 0.3) is 0 Å². The Morgan fingerprint density at radius 2 is 1.91 bits per heavy atom. The molecule has 1 saturated heterocycles. The third-order valence-electron chi connectivity index (χ3n) is 5.93. The van der Waals surface area contributed by atoms with E-state index in [1.54, 1.807) is 11.2 Å². The molecule has 0 N–H and O–H groups in total. The molecule has 0 unspecified atom stereocenters. The zero-order valence-corrected chi connectivity index (χ0v) is 18.8. The monoisotopic (exact) mass is 461 g/mol. The van der Waals surface area contributed by atoms with Crippen molar-refractivity contribution in [3.63, 3.8) is 0 Å². The molecule has 2 aromatic rings. The van der Waals surface area contributed by atoms with Gasteiger partial charge in [-0.2, -0.15) is 4.31 Å². The Labute approximate surface area is 188 Å². The third kappa shape index (κ3) is 5.28. The molecule has 0 saturated carbocycles. The van der Waals surface area contributed by atoms with Crippen LogP contribution >= 0.6 is 0 Å². The van der Waals surface area contributed by atoms with Gasteiger partial charge in [-0.05, 0) is 56.0 Å². The normalized spacial score (nSPS) is 18.3. The minimum absolute atomic E-state index is 0.0176. The van der Waals surface area contributed by atoms with Gasteiger partial charge in [0.15, 0.2) is 0 Å². The van der Waals surface area contributed by atoms with Crippen LogP contribution in [0.1, 0.15) is 31.4 Å². The summed E-state index contributed by atoms with van der Waals surface area (Å²) in [5.74, 6) is 0.135. The fourth-order valence-electron chi connectivity index (χ4n) is 4.16. The molecule has 4 rings (SSSR count). The fourth-order valence-corrected chi connectivity index (χ4v) is 5.61. The number of hydrogen-bond donors (Lipinski definition) is 0. The first-order valence-corrected chi connectivity index (χ1v) is 12.4. The van der Waals surface area contributed by atoms with Crippen LogP contribution < -0.4 is 0 Å². The first-order chi connectivity index (χ1) is 15.4. The van der Waals surface area contributed by atoms with E-state index in [0.29, 0.717) is 19.6 Å². The molecule has 0 bridgehead atoms. The average Bonchev–Trinajstić information content (AvgIpc) is 3.32. The van der Waals surface area contributed by atoms with Crippen molar-refractivity contribution in [1.82, 2.24) is 14.1 Å². The number of piperazine rings is 1. The zero-order chi connectivity index (χ0) is 22.6. The molecule has 0 radical (unpaired) electrons. The highest BCUT2D eigenvalue weighted by atomic mass is 32.2. The molecule has 7 nitrogen and oxygen atoms in total. The van der Waals surface area contributed by atoms with Crippen molar-refractivity contribution < 1.29 is 22.0 Å². The Bertz CT molecular complexity index is 1060. The predicted octanol–water partition coefficient (Wildman–Crippen LogP) is 3.21. The van der Waals surface area contributed by atoms with Crippen LogP contribution in [0.2, 0.25) is 0 Å². The van der Waals surface area contributed by atoms with Crippen LogP contribution in [-0.2, 0) is 21.4 Å². The van der Waals surface area contributed by atoms with Crippen LogP contribution in [0.15, 0.2) is 63.7 Å². The molecular weight excluding hydrogens is 433 g/mol. The van der Waals surface area contributed by atoms with Gasteiger partial charge in [0.25, 0.3) is 0 Å². The van der Waals surface area contributed by atoms with E-state index >= 15 is 0 Å². The van der Waals surface area contributed by atoms with E-state index < -0.39 is 15.8 Å². The molecule has 9 heteroatoms. The summed E-state index contributed by atoms with van der Waals surface area (Å²) in [4.78, 5) is 16.9. The molecule has 2 heterocycles. The van der Waals surface area contributed by atoms with Gasteiger partial charge >= 0.3 is 0 Å². The summed E-state index contributed by atoms with van der Waals surface area (Å²) in [7, 11) is -3.75. The minimum atomic E-state index is -3.75. The van der Waals surface area contributed by atoms with E-state index in [1.807, 2.05) is 17.0 Å². The predicted molar refractivity (Wildman–Crippen MR) is 117 cm³/mol. The number of furan rings is 1. The van der Waals surface area contributed by atoms with E-state index in [0.717, 1.165) is 43.2 Å². The van der Waals surface area contributed by atoms with Crippen molar-refractivity contribution in [2.75, 3.05) is 32.7 Å². The topological polar surface area (TPSA) is 74.1 Å². The van der Waals surface area contributed by atoms with Gasteiger partial charge in [-0.3, -0.25) is 9.69 Å². The van der Waals surface area contributed by atoms with Crippen molar-refractivity contribution in [3.8, 4) is 0 Å². The number of carbonyl (C=O) groups is 1. The summed E-state index contributed by atoms with van der Waals surface area (Å²) in [6.45, 7) is 2.00. The van der Waals surface area contributed by atoms with E-state index in [2.05, 4.69) is 6.08 Å². The summed E-state index contributed by atoms with van der Waals surface area (Å²) in [5.41, 5.74) is 1.03. The maximum Gasteiger partial charge on any atom is 0.243 e. The minimum Gasteiger partial charge on any atom is -0.467 e. The number of allylic oxidation sites excluding steroid dienone is 2. The number of amides is 1. The Balaban J connectivity index is 1.38. The Hall–Kier alpha value is -2.49. The highest BCUT2D eigenvalue weighted by molar-refractivity contribution is 7.89. The van der Waals surface area contributed by atoms with Crippen molar-refractivity contribution in [1.29, 1.82) is 0 Å². The third-order valence-corrected chi connectivity index (χ3v) is 7.83. The van der Waals surface area contributed by atoms with Crippen molar-refractivity contribution in [2.24, 2.45) is 0 Å². The zero-order valence-electron chi connectivity index (χ0n) is 18.0. The van der Waals surface area contributed by atoms with Gasteiger partial charge < -0.3 is 9.32 Å². The van der Waals surface area contributed by atoms with Crippen molar-refractivity contribution in [3.05, 3.63) is 66.0 Å². The Morgan fingerprint density at radius 3 is 2.56 bits per heavy atom. The van der Waals surface area contributed by atoms with Crippen LogP contribution in [0, 0.1) is 5.82 Å². The molecule has 0 atom stereocenters. The van der Waals surface area contributed by atoms with E-state index in [4.69, 9.17) is 4.42 Å². The lowest BCUT2D eigenvalue weighted by Crippen LogP contribution is -2.51. The van der Waals surface area contributed by atoms with Gasteiger partial charge in [0.1, 0.15) is 11.6 Å². The second-order valence-corrected chi connectivity index (χ2v) is 10.1. The van der Waals surface area contributed by atoms with Crippen molar-refractivity contribution >= 4 is 15.9 Å². The summed E-state index contributed by atoms with van der Waals surface area (Å²) in [5, 5.41) is 0. The molecular formula is C23H28FN3O4S. The fraction of sp³-hybridized carbons (Fsp3) is 0.435. The van der Waals surface area contributed by atoms with Crippen LogP contribution in [0.4, 0.5) is 4.39 Å². The lowest BCUT2D eigenvalue weighted by atomic mass is 10.0. The number of sulfonamides is 1. The molecule has 0 spiro atoms. The van der Waals surface area contributed by atoms with Crippen molar-refractivity contribution in [2.45, 2.75) is 37.1 Å². The SMILES string of the molecule is O=C(CN1CCN(S(=O)(=O)c2cccc(F)c2)CC1)N(Cc1ccco1)C1=CCCCC1. The molecule has 1 amide bonds. The molecule has 1 aliphatic heterocycles. The van der Waals surface area contributed by atoms with Gasteiger partial charge in [0.2, 0.25) is 15.9 Å². The Morgan fingerprint density at radius 1 is 1.09 bits per heavy atom. The van der Waals surface area contributed by atoms with Crippen LogP contribution in [0.3, 0.4) is 0 Å². The van der Waals surface area contributed by atoms with Gasteiger partial charge in [0.05, 0.1) is 24.2 Å². The number of carbonyl (C=O) groups excluding carboxylic acids is 1. The molecule has 2 aliphatic rings. The molecule has 1 aromatic heterocycles. The summed E-state index contributed by atoms with van der Waals surface area (Å²) < 4.78 is 45.9. The maximum absolute atomic E-state index is 13.5. The average molecular weight is 462 g/mol. The lowest BCUT2D eigenvalue weighted by molar-refractivity contribution is -0.131. The van der Waals surface area contributed by atoms with Gasteiger partial charge in [-0.1, -0.05) is 12.1 Å². The number of nitrogens with zero attached hydrogens (tertiary/aromatic N) is 3. The Kier molecular flexibility index (Phi) is 7.07. The van der Waals surface area contributed by atoms with E-state index in [1.165, 1.54) is 22.5 Å². The number of rotatable bonds is 7. The second kappa shape index (κ2) is 9.97. The second-order valence-electron chi connectivity index (χ2n) is 8.14. The summed E-state index contributed by atoms with van der Waals surface area (Å²) >= 11 is 0. The standard InChI is InChI=1S/C23H28FN3O4S/c24-19-6-4-10-22(16-19)32(29,30)26-13-11-25(12-14-26)18-23(28)27(17-21-9-5-15-31-21)20-7-2-1-3-8-20/h4-7,9-10,15-16H,1-3,8,11-14,17-18H2. The van der Waals surface area contributed by atoms with Gasteiger partial charge in [-0.15, -0.1) is 0 Å². The van der Waals surface area contributed by atoms with Gasteiger partial charge in [0, 0.05) is 31.9 Å². The van der Waals surface area contributed by atoms with E-state index in [-0.39, 0.29) is 30.4 Å². The van der Waals surface area contributed by atoms with Crippen LogP contribution in [-0.4, -0.2) is 61.2 Å². The van der Waals surface area contributed by atoms with Gasteiger partial charge in [-0.25, -0.2) is 12.8 Å². The van der Waals surface area contributed by atoms with E-state index in [9.17, 15) is 17.6 Å². The first kappa shape index (κ1) is 22.7. The maximum atomic E-state index is 13.5. The quantitative estimate of drug-likeness (QED) is 0.633. The smallest absolute Gasteiger partial charge is 0.243 e. The molecule has 1 aliphatic carbocycles. The van der Waals surface area contributed by atoms with Crippen LogP contribution in [0.5, 0.6) is 0 Å².